The smallest absolute Gasteiger partial charge is 0.293 e. The fourth-order valence-electron chi connectivity index (χ4n) is 3.32. The summed E-state index contributed by atoms with van der Waals surface area (Å²) in [5, 5.41) is -0.352. The molecule has 0 N–H and O–H groups in total. The van der Waals surface area contributed by atoms with Crippen LogP contribution in [0.15, 0.2) is 70.0 Å². The van der Waals surface area contributed by atoms with Gasteiger partial charge >= 0.3 is 0 Å². The Morgan fingerprint density at radius 3 is 2.53 bits per heavy atom. The monoisotopic (exact) mass is 561 g/mol. The van der Waals surface area contributed by atoms with Crippen molar-refractivity contribution in [1.82, 2.24) is 4.90 Å². The molecule has 1 fully saturated rings. The van der Waals surface area contributed by atoms with Crippen molar-refractivity contribution in [1.29, 1.82) is 0 Å². The molecule has 0 radical (unpaired) electrons. The number of carbonyl (C=O) groups is 2. The molecular formula is C25H18BrClFNO4S. The molecule has 0 bridgehead atoms. The zero-order chi connectivity index (χ0) is 24.2. The quantitative estimate of drug-likeness (QED) is 0.288. The lowest BCUT2D eigenvalue weighted by atomic mass is 10.1. The summed E-state index contributed by atoms with van der Waals surface area (Å²) in [6.07, 6.45) is 1.58. The molecular weight excluding hydrogens is 545 g/mol. The van der Waals surface area contributed by atoms with Crippen LogP contribution in [0.3, 0.4) is 0 Å². The van der Waals surface area contributed by atoms with E-state index in [-0.39, 0.29) is 28.6 Å². The molecule has 1 heterocycles. The minimum atomic E-state index is -0.577. The highest BCUT2D eigenvalue weighted by atomic mass is 79.9. The maximum absolute atomic E-state index is 14.2. The van der Waals surface area contributed by atoms with E-state index in [0.717, 1.165) is 26.7 Å². The second-order valence-electron chi connectivity index (χ2n) is 7.26. The summed E-state index contributed by atoms with van der Waals surface area (Å²) in [5.74, 6) is -0.178. The molecule has 2 amide bonds. The van der Waals surface area contributed by atoms with Crippen LogP contribution in [0, 0.1) is 5.82 Å². The molecule has 1 saturated heterocycles. The molecule has 0 aliphatic carbocycles. The average molecular weight is 563 g/mol. The molecule has 0 aromatic heterocycles. The number of ether oxygens (including phenoxy) is 2. The van der Waals surface area contributed by atoms with Gasteiger partial charge in [0.15, 0.2) is 11.5 Å². The number of carbonyl (C=O) groups excluding carboxylic acids is 2. The number of thioether (sulfide) groups is 1. The second kappa shape index (κ2) is 10.6. The lowest BCUT2D eigenvalue weighted by Gasteiger charge is -2.15. The maximum Gasteiger partial charge on any atom is 0.293 e. The number of rotatable bonds is 7. The average Bonchev–Trinajstić information content (AvgIpc) is 3.08. The van der Waals surface area contributed by atoms with Crippen LogP contribution in [-0.2, 0) is 17.9 Å². The van der Waals surface area contributed by atoms with Crippen molar-refractivity contribution in [2.45, 2.75) is 13.2 Å². The molecule has 0 spiro atoms. The van der Waals surface area contributed by atoms with E-state index in [9.17, 15) is 14.0 Å². The fourth-order valence-corrected chi connectivity index (χ4v) is 4.63. The van der Waals surface area contributed by atoms with Gasteiger partial charge in [-0.3, -0.25) is 14.5 Å². The summed E-state index contributed by atoms with van der Waals surface area (Å²) in [6.45, 7) is 0.0281. The molecule has 4 rings (SSSR count). The molecule has 0 atom stereocenters. The van der Waals surface area contributed by atoms with E-state index in [2.05, 4.69) is 15.9 Å². The van der Waals surface area contributed by atoms with Gasteiger partial charge in [-0.2, -0.15) is 0 Å². The van der Waals surface area contributed by atoms with E-state index in [0.29, 0.717) is 17.1 Å². The largest absolute Gasteiger partial charge is 0.493 e. The molecule has 1 aliphatic heterocycles. The summed E-state index contributed by atoms with van der Waals surface area (Å²) >= 11 is 10.3. The predicted molar refractivity (Wildman–Crippen MR) is 134 cm³/mol. The van der Waals surface area contributed by atoms with Gasteiger partial charge in [0.1, 0.15) is 12.4 Å². The minimum Gasteiger partial charge on any atom is -0.493 e. The maximum atomic E-state index is 14.2. The number of hydrogen-bond acceptors (Lipinski definition) is 5. The second-order valence-corrected chi connectivity index (χ2v) is 9.58. The molecule has 1 aliphatic rings. The zero-order valence-electron chi connectivity index (χ0n) is 17.9. The number of imide groups is 1. The molecule has 174 valence electrons. The van der Waals surface area contributed by atoms with Crippen LogP contribution in [-0.4, -0.2) is 23.2 Å². The van der Waals surface area contributed by atoms with Gasteiger partial charge in [0.2, 0.25) is 0 Å². The van der Waals surface area contributed by atoms with Crippen LogP contribution in [0.5, 0.6) is 11.5 Å². The highest BCUT2D eigenvalue weighted by Crippen LogP contribution is 2.38. The van der Waals surface area contributed by atoms with Crippen molar-refractivity contribution < 1.29 is 23.5 Å². The van der Waals surface area contributed by atoms with E-state index in [1.807, 2.05) is 24.3 Å². The van der Waals surface area contributed by atoms with Gasteiger partial charge < -0.3 is 9.47 Å². The van der Waals surface area contributed by atoms with Gasteiger partial charge in [0.05, 0.1) is 18.6 Å². The van der Waals surface area contributed by atoms with Gasteiger partial charge in [0.25, 0.3) is 11.1 Å². The summed E-state index contributed by atoms with van der Waals surface area (Å²) in [6, 6.07) is 17.2. The Labute approximate surface area is 213 Å². The molecule has 0 unspecified atom stereocenters. The Kier molecular flexibility index (Phi) is 7.60. The van der Waals surface area contributed by atoms with Gasteiger partial charge in [0, 0.05) is 20.6 Å². The summed E-state index contributed by atoms with van der Waals surface area (Å²) in [7, 11) is 1.53. The highest BCUT2D eigenvalue weighted by molar-refractivity contribution is 9.10. The zero-order valence-corrected chi connectivity index (χ0v) is 21.0. The van der Waals surface area contributed by atoms with Crippen LogP contribution in [0.4, 0.5) is 9.18 Å². The third-order valence-electron chi connectivity index (χ3n) is 5.06. The SMILES string of the molecule is COc1cccc(/C=C2\SC(=O)N(Cc3c(F)cccc3Cl)C2=O)c1OCc1ccc(Br)cc1. The van der Waals surface area contributed by atoms with Crippen LogP contribution < -0.4 is 9.47 Å². The lowest BCUT2D eigenvalue weighted by Crippen LogP contribution is -2.28. The molecule has 34 heavy (non-hydrogen) atoms. The van der Waals surface area contributed by atoms with Gasteiger partial charge in [-0.05, 0) is 53.7 Å². The van der Waals surface area contributed by atoms with Crippen LogP contribution in [0.2, 0.25) is 5.02 Å². The Morgan fingerprint density at radius 2 is 1.82 bits per heavy atom. The van der Waals surface area contributed by atoms with Crippen LogP contribution in [0.1, 0.15) is 16.7 Å². The van der Waals surface area contributed by atoms with Crippen molar-refractivity contribution in [2.75, 3.05) is 7.11 Å². The third kappa shape index (κ3) is 5.29. The van der Waals surface area contributed by atoms with E-state index < -0.39 is 17.0 Å². The molecule has 3 aromatic carbocycles. The van der Waals surface area contributed by atoms with E-state index in [4.69, 9.17) is 21.1 Å². The predicted octanol–water partition coefficient (Wildman–Crippen LogP) is 7.07. The summed E-state index contributed by atoms with van der Waals surface area (Å²) < 4.78 is 26.6. The van der Waals surface area contributed by atoms with Gasteiger partial charge in [-0.15, -0.1) is 0 Å². The first-order chi connectivity index (χ1) is 16.4. The van der Waals surface area contributed by atoms with Crippen molar-refractivity contribution in [3.8, 4) is 11.5 Å². The Morgan fingerprint density at radius 1 is 1.09 bits per heavy atom. The highest BCUT2D eigenvalue weighted by Gasteiger charge is 2.36. The van der Waals surface area contributed by atoms with E-state index >= 15 is 0 Å². The summed E-state index contributed by atoms with van der Waals surface area (Å²) in [5.41, 5.74) is 1.61. The van der Waals surface area contributed by atoms with E-state index in [1.165, 1.54) is 25.3 Å². The molecule has 0 saturated carbocycles. The Balaban J connectivity index is 1.60. The summed E-state index contributed by atoms with van der Waals surface area (Å²) in [4.78, 5) is 26.7. The third-order valence-corrected chi connectivity index (χ3v) is 6.85. The first-order valence-corrected chi connectivity index (χ1v) is 12.1. The number of amides is 2. The first-order valence-electron chi connectivity index (χ1n) is 10.1. The van der Waals surface area contributed by atoms with Crippen LogP contribution in [0.25, 0.3) is 6.08 Å². The first kappa shape index (κ1) is 24.3. The van der Waals surface area contributed by atoms with Gasteiger partial charge in [-0.1, -0.05) is 57.9 Å². The van der Waals surface area contributed by atoms with Crippen molar-refractivity contribution in [3.05, 3.63) is 97.6 Å². The van der Waals surface area contributed by atoms with Crippen LogP contribution >= 0.6 is 39.3 Å². The number of halogens is 3. The lowest BCUT2D eigenvalue weighted by molar-refractivity contribution is -0.123. The normalized spacial score (nSPS) is 14.7. The number of nitrogens with zero attached hydrogens (tertiary/aromatic N) is 1. The van der Waals surface area contributed by atoms with Gasteiger partial charge in [-0.25, -0.2) is 4.39 Å². The van der Waals surface area contributed by atoms with E-state index in [1.54, 1.807) is 24.3 Å². The Hall–Kier alpha value is -2.81. The van der Waals surface area contributed by atoms with Crippen molar-refractivity contribution in [2.24, 2.45) is 0 Å². The molecule has 3 aromatic rings. The minimum absolute atomic E-state index is 0.0904. The number of methoxy groups -OCH3 is 1. The number of hydrogen-bond donors (Lipinski definition) is 0. The standard InChI is InChI=1S/C25H18BrClFNO4S/c1-32-21-7-2-4-16(23(21)33-14-15-8-10-17(26)11-9-15)12-22-24(30)29(25(31)34-22)13-18-19(27)5-3-6-20(18)28/h2-12H,13-14H2,1H3/b22-12-. The fraction of sp³-hybridized carbons (Fsp3) is 0.120. The Bertz CT molecular complexity index is 1260. The topological polar surface area (TPSA) is 55.8 Å². The van der Waals surface area contributed by atoms with Crippen molar-refractivity contribution in [3.63, 3.8) is 0 Å². The molecule has 9 heteroatoms. The molecule has 5 nitrogen and oxygen atoms in total. The van der Waals surface area contributed by atoms with Crippen molar-refractivity contribution >= 4 is 56.5 Å². The number of para-hydroxylation sites is 1. The number of benzene rings is 3.